The van der Waals surface area contributed by atoms with E-state index < -0.39 is 6.10 Å². The van der Waals surface area contributed by atoms with Crippen molar-refractivity contribution >= 4 is 0 Å². The zero-order valence-electron chi connectivity index (χ0n) is 11.3. The van der Waals surface area contributed by atoms with Gasteiger partial charge < -0.3 is 10.2 Å². The number of aliphatic hydroxyl groups is 1. The Morgan fingerprint density at radius 2 is 1.94 bits per heavy atom. The molecule has 1 fully saturated rings. The molecule has 0 aliphatic carbocycles. The maximum Gasteiger partial charge on any atom is 0.115 e. The van der Waals surface area contributed by atoms with Crippen LogP contribution in [-0.2, 0) is 6.42 Å². The van der Waals surface area contributed by atoms with Crippen molar-refractivity contribution in [3.63, 3.8) is 0 Å². The molecule has 0 bridgehead atoms. The Morgan fingerprint density at radius 1 is 1.28 bits per heavy atom. The lowest BCUT2D eigenvalue weighted by atomic mass is 9.90. The van der Waals surface area contributed by atoms with Gasteiger partial charge in [0.25, 0.3) is 0 Å². The summed E-state index contributed by atoms with van der Waals surface area (Å²) in [5.41, 5.74) is 0.775. The summed E-state index contributed by atoms with van der Waals surface area (Å²) in [6.07, 6.45) is 2.61. The first-order valence-electron chi connectivity index (χ1n) is 6.71. The predicted octanol–water partition coefficient (Wildman–Crippen LogP) is 2.17. The van der Waals surface area contributed by atoms with Gasteiger partial charge >= 0.3 is 0 Å². The van der Waals surface area contributed by atoms with E-state index in [9.17, 15) is 10.2 Å². The Labute approximate surface area is 109 Å². The third-order valence-electron chi connectivity index (χ3n) is 4.08. The fourth-order valence-corrected chi connectivity index (χ4v) is 2.66. The first-order valence-corrected chi connectivity index (χ1v) is 6.71. The largest absolute Gasteiger partial charge is 0.508 e. The average molecular weight is 249 g/mol. The summed E-state index contributed by atoms with van der Waals surface area (Å²) in [5, 5.41) is 19.9. The smallest absolute Gasteiger partial charge is 0.115 e. The number of likely N-dealkylation sites (tertiary alicyclic amines) is 1. The second kappa shape index (κ2) is 5.29. The van der Waals surface area contributed by atoms with E-state index in [0.717, 1.165) is 18.7 Å². The summed E-state index contributed by atoms with van der Waals surface area (Å²) < 4.78 is 0. The maximum absolute atomic E-state index is 10.5. The molecule has 2 rings (SSSR count). The lowest BCUT2D eigenvalue weighted by Crippen LogP contribution is -2.51. The minimum Gasteiger partial charge on any atom is -0.508 e. The lowest BCUT2D eigenvalue weighted by molar-refractivity contribution is 0.00335. The van der Waals surface area contributed by atoms with E-state index in [0.29, 0.717) is 6.42 Å². The summed E-state index contributed by atoms with van der Waals surface area (Å²) in [4.78, 5) is 2.36. The molecule has 1 heterocycles. The van der Waals surface area contributed by atoms with Gasteiger partial charge in [-0.1, -0.05) is 12.1 Å². The summed E-state index contributed by atoms with van der Waals surface area (Å²) in [6, 6.07) is 7.15. The molecule has 3 nitrogen and oxygen atoms in total. The summed E-state index contributed by atoms with van der Waals surface area (Å²) in [6.45, 7) is 6.35. The summed E-state index contributed by atoms with van der Waals surface area (Å²) in [5.74, 6) is 0.263. The lowest BCUT2D eigenvalue weighted by Gasteiger charge is -2.39. The number of phenolic OH excluding ortho intramolecular Hbond substituents is 1. The molecule has 1 aromatic rings. The molecular formula is C15H23NO2. The third-order valence-corrected chi connectivity index (χ3v) is 4.08. The fourth-order valence-electron chi connectivity index (χ4n) is 2.66. The monoisotopic (exact) mass is 249 g/mol. The highest BCUT2D eigenvalue weighted by Gasteiger charge is 2.35. The van der Waals surface area contributed by atoms with Gasteiger partial charge in [-0.05, 0) is 57.5 Å². The van der Waals surface area contributed by atoms with E-state index in [2.05, 4.69) is 18.7 Å². The van der Waals surface area contributed by atoms with Gasteiger partial charge in [0, 0.05) is 12.0 Å². The van der Waals surface area contributed by atoms with Gasteiger partial charge in [-0.3, -0.25) is 4.90 Å². The Bertz CT molecular complexity index is 397. The van der Waals surface area contributed by atoms with Crippen LogP contribution in [0.4, 0.5) is 0 Å². The van der Waals surface area contributed by atoms with E-state index in [1.54, 1.807) is 12.1 Å². The molecule has 1 aromatic carbocycles. The van der Waals surface area contributed by atoms with Crippen molar-refractivity contribution in [1.82, 2.24) is 4.90 Å². The number of benzene rings is 1. The van der Waals surface area contributed by atoms with E-state index in [-0.39, 0.29) is 11.3 Å². The zero-order chi connectivity index (χ0) is 13.2. The fraction of sp³-hybridized carbons (Fsp3) is 0.600. The third kappa shape index (κ3) is 2.85. The van der Waals surface area contributed by atoms with Crippen LogP contribution in [0.25, 0.3) is 0 Å². The van der Waals surface area contributed by atoms with Crippen LogP contribution in [0.5, 0.6) is 5.75 Å². The van der Waals surface area contributed by atoms with E-state index in [1.807, 2.05) is 12.1 Å². The Morgan fingerprint density at radius 3 is 2.56 bits per heavy atom. The minimum absolute atomic E-state index is 0.206. The number of hydrogen-bond donors (Lipinski definition) is 2. The van der Waals surface area contributed by atoms with Gasteiger partial charge in [0.1, 0.15) is 5.75 Å². The van der Waals surface area contributed by atoms with E-state index in [1.165, 1.54) is 12.8 Å². The Kier molecular flexibility index (Phi) is 3.93. The van der Waals surface area contributed by atoms with Crippen LogP contribution < -0.4 is 0 Å². The molecule has 0 spiro atoms. The number of rotatable bonds is 4. The van der Waals surface area contributed by atoms with Gasteiger partial charge in [-0.25, -0.2) is 0 Å². The molecule has 0 radical (unpaired) electrons. The number of hydrogen-bond acceptors (Lipinski definition) is 3. The van der Waals surface area contributed by atoms with Crippen molar-refractivity contribution < 1.29 is 10.2 Å². The van der Waals surface area contributed by atoms with E-state index >= 15 is 0 Å². The van der Waals surface area contributed by atoms with Crippen LogP contribution in [0.2, 0.25) is 0 Å². The average Bonchev–Trinajstić information content (AvgIpc) is 2.82. The van der Waals surface area contributed by atoms with Crippen LogP contribution in [0.15, 0.2) is 24.3 Å². The molecule has 3 heteroatoms. The Balaban J connectivity index is 2.04. The van der Waals surface area contributed by atoms with Crippen LogP contribution in [0, 0.1) is 0 Å². The number of aliphatic hydroxyl groups excluding tert-OH is 1. The molecule has 1 aliphatic heterocycles. The number of aromatic hydroxyl groups is 1. The van der Waals surface area contributed by atoms with Crippen LogP contribution in [-0.4, -0.2) is 39.8 Å². The topological polar surface area (TPSA) is 43.7 Å². The quantitative estimate of drug-likeness (QED) is 0.859. The summed E-state index contributed by atoms with van der Waals surface area (Å²) in [7, 11) is 0. The molecule has 1 atom stereocenters. The number of nitrogens with zero attached hydrogens (tertiary/aromatic N) is 1. The highest BCUT2D eigenvalue weighted by Crippen LogP contribution is 2.26. The first-order chi connectivity index (χ1) is 8.50. The molecule has 100 valence electrons. The highest BCUT2D eigenvalue weighted by molar-refractivity contribution is 5.27. The zero-order valence-corrected chi connectivity index (χ0v) is 11.3. The van der Waals surface area contributed by atoms with E-state index in [4.69, 9.17) is 0 Å². The highest BCUT2D eigenvalue weighted by atomic mass is 16.3. The van der Waals surface area contributed by atoms with Crippen molar-refractivity contribution in [3.05, 3.63) is 29.8 Å². The van der Waals surface area contributed by atoms with Crippen molar-refractivity contribution in [1.29, 1.82) is 0 Å². The molecule has 1 unspecified atom stereocenters. The standard InChI is InChI=1S/C15H23NO2/c1-15(2,16-8-3-4-9-16)14(18)11-12-6-5-7-13(17)10-12/h5-7,10,14,17-18H,3-4,8-9,11H2,1-2H3. The number of phenols is 1. The molecule has 2 N–H and O–H groups in total. The van der Waals surface area contributed by atoms with Gasteiger partial charge in [0.2, 0.25) is 0 Å². The Hall–Kier alpha value is -1.06. The predicted molar refractivity (Wildman–Crippen MR) is 72.7 cm³/mol. The summed E-state index contributed by atoms with van der Waals surface area (Å²) >= 11 is 0. The molecule has 1 aliphatic rings. The molecule has 0 aromatic heterocycles. The van der Waals surface area contributed by atoms with Crippen molar-refractivity contribution in [2.45, 2.75) is 44.8 Å². The van der Waals surface area contributed by atoms with Crippen LogP contribution in [0.1, 0.15) is 32.3 Å². The van der Waals surface area contributed by atoms with Gasteiger partial charge in [-0.15, -0.1) is 0 Å². The van der Waals surface area contributed by atoms with Crippen molar-refractivity contribution in [3.8, 4) is 5.75 Å². The molecule has 18 heavy (non-hydrogen) atoms. The second-order valence-electron chi connectivity index (χ2n) is 5.74. The first kappa shape index (κ1) is 13.4. The van der Waals surface area contributed by atoms with Crippen LogP contribution >= 0.6 is 0 Å². The van der Waals surface area contributed by atoms with Crippen LogP contribution in [0.3, 0.4) is 0 Å². The molecule has 1 saturated heterocycles. The molecular weight excluding hydrogens is 226 g/mol. The second-order valence-corrected chi connectivity index (χ2v) is 5.74. The SMILES string of the molecule is CC(C)(C(O)Cc1cccc(O)c1)N1CCCC1. The van der Waals surface area contributed by atoms with Crippen molar-refractivity contribution in [2.24, 2.45) is 0 Å². The van der Waals surface area contributed by atoms with Gasteiger partial charge in [0.15, 0.2) is 0 Å². The maximum atomic E-state index is 10.5. The minimum atomic E-state index is -0.419. The van der Waals surface area contributed by atoms with Gasteiger partial charge in [0.05, 0.1) is 6.10 Å². The molecule has 0 saturated carbocycles. The molecule has 0 amide bonds. The van der Waals surface area contributed by atoms with Crippen molar-refractivity contribution in [2.75, 3.05) is 13.1 Å². The normalized spacial score (nSPS) is 19.1. The van der Waals surface area contributed by atoms with Gasteiger partial charge in [-0.2, -0.15) is 0 Å².